The lowest BCUT2D eigenvalue weighted by molar-refractivity contribution is -0.114. The summed E-state index contributed by atoms with van der Waals surface area (Å²) in [6, 6.07) is 29.5. The molecule has 0 aliphatic carbocycles. The monoisotopic (exact) mass is 498 g/mol. The summed E-state index contributed by atoms with van der Waals surface area (Å²) in [6.07, 6.45) is 0. The first-order valence-corrected chi connectivity index (χ1v) is 12.8. The van der Waals surface area contributed by atoms with Gasteiger partial charge in [0.15, 0.2) is 5.78 Å². The summed E-state index contributed by atoms with van der Waals surface area (Å²) in [5.74, 6) is -0.716. The SMILES string of the molecule is CC(=O)Nc1cc(C(=O)c2ccccc2)ccc1S(=O)(=O)N(Cc1ccccc1)c1cccc(C)c1. The third-order valence-corrected chi connectivity index (χ3v) is 7.45. The molecule has 0 radical (unpaired) electrons. The van der Waals surface area contributed by atoms with Crippen molar-refractivity contribution < 1.29 is 18.0 Å². The zero-order valence-corrected chi connectivity index (χ0v) is 20.8. The van der Waals surface area contributed by atoms with Gasteiger partial charge in [-0.3, -0.25) is 13.9 Å². The van der Waals surface area contributed by atoms with E-state index >= 15 is 0 Å². The quantitative estimate of drug-likeness (QED) is 0.322. The topological polar surface area (TPSA) is 83.5 Å². The summed E-state index contributed by atoms with van der Waals surface area (Å²) in [7, 11) is -4.15. The van der Waals surface area contributed by atoms with Crippen LogP contribution < -0.4 is 9.62 Å². The Morgan fingerprint density at radius 1 is 0.778 bits per heavy atom. The molecule has 0 aliphatic heterocycles. The number of rotatable bonds is 8. The summed E-state index contributed by atoms with van der Waals surface area (Å²) in [5, 5.41) is 2.61. The molecule has 4 aromatic carbocycles. The van der Waals surface area contributed by atoms with Gasteiger partial charge in [-0.15, -0.1) is 0 Å². The summed E-state index contributed by atoms with van der Waals surface area (Å²) >= 11 is 0. The second kappa shape index (κ2) is 10.6. The van der Waals surface area contributed by atoms with Gasteiger partial charge in [0, 0.05) is 18.1 Å². The van der Waals surface area contributed by atoms with Gasteiger partial charge in [0.05, 0.1) is 17.9 Å². The van der Waals surface area contributed by atoms with E-state index in [4.69, 9.17) is 0 Å². The van der Waals surface area contributed by atoms with Crippen LogP contribution in [0.25, 0.3) is 0 Å². The third kappa shape index (κ3) is 5.53. The number of hydrogen-bond donors (Lipinski definition) is 1. The maximum absolute atomic E-state index is 14.1. The first kappa shape index (κ1) is 24.9. The molecule has 4 rings (SSSR count). The minimum absolute atomic E-state index is 0.0509. The minimum atomic E-state index is -4.15. The highest BCUT2D eigenvalue weighted by molar-refractivity contribution is 7.93. The number of hydrogen-bond acceptors (Lipinski definition) is 4. The van der Waals surface area contributed by atoms with E-state index < -0.39 is 15.9 Å². The molecule has 0 saturated carbocycles. The maximum Gasteiger partial charge on any atom is 0.266 e. The van der Waals surface area contributed by atoms with Crippen LogP contribution in [-0.4, -0.2) is 20.1 Å². The highest BCUT2D eigenvalue weighted by Crippen LogP contribution is 2.32. The summed E-state index contributed by atoms with van der Waals surface area (Å²) in [5.41, 5.74) is 3.00. The van der Waals surface area contributed by atoms with Gasteiger partial charge in [-0.25, -0.2) is 8.42 Å². The number of amides is 1. The molecule has 0 saturated heterocycles. The van der Waals surface area contributed by atoms with E-state index in [2.05, 4.69) is 5.32 Å². The molecule has 1 N–H and O–H groups in total. The van der Waals surface area contributed by atoms with E-state index in [0.29, 0.717) is 11.3 Å². The van der Waals surface area contributed by atoms with Crippen molar-refractivity contribution in [3.63, 3.8) is 0 Å². The maximum atomic E-state index is 14.1. The highest BCUT2D eigenvalue weighted by atomic mass is 32.2. The largest absolute Gasteiger partial charge is 0.325 e. The van der Waals surface area contributed by atoms with Gasteiger partial charge in [0.25, 0.3) is 10.0 Å². The third-order valence-electron chi connectivity index (χ3n) is 5.62. The van der Waals surface area contributed by atoms with Gasteiger partial charge in [-0.1, -0.05) is 72.8 Å². The number of nitrogens with zero attached hydrogens (tertiary/aromatic N) is 1. The van der Waals surface area contributed by atoms with Crippen molar-refractivity contribution in [2.45, 2.75) is 25.3 Å². The van der Waals surface area contributed by atoms with Gasteiger partial charge in [0.1, 0.15) is 4.90 Å². The second-order valence-corrected chi connectivity index (χ2v) is 10.3. The lowest BCUT2D eigenvalue weighted by Crippen LogP contribution is -2.31. The highest BCUT2D eigenvalue weighted by Gasteiger charge is 2.29. The lowest BCUT2D eigenvalue weighted by Gasteiger charge is -2.26. The second-order valence-electron chi connectivity index (χ2n) is 8.42. The summed E-state index contributed by atoms with van der Waals surface area (Å²) in [6.45, 7) is 3.28. The van der Waals surface area contributed by atoms with Crippen LogP contribution in [0.3, 0.4) is 0 Å². The first-order chi connectivity index (χ1) is 17.3. The van der Waals surface area contributed by atoms with Crippen molar-refractivity contribution in [3.8, 4) is 0 Å². The Balaban J connectivity index is 1.83. The Morgan fingerprint density at radius 3 is 2.08 bits per heavy atom. The number of aryl methyl sites for hydroxylation is 1. The fourth-order valence-electron chi connectivity index (χ4n) is 3.91. The van der Waals surface area contributed by atoms with Crippen molar-refractivity contribution in [2.75, 3.05) is 9.62 Å². The fraction of sp³-hybridized carbons (Fsp3) is 0.103. The van der Waals surface area contributed by atoms with Crippen LogP contribution >= 0.6 is 0 Å². The van der Waals surface area contributed by atoms with Crippen LogP contribution in [0.5, 0.6) is 0 Å². The van der Waals surface area contributed by atoms with E-state index in [-0.39, 0.29) is 28.5 Å². The van der Waals surface area contributed by atoms with E-state index in [1.807, 2.05) is 49.4 Å². The van der Waals surface area contributed by atoms with Gasteiger partial charge in [0.2, 0.25) is 5.91 Å². The van der Waals surface area contributed by atoms with E-state index in [9.17, 15) is 18.0 Å². The number of ketones is 1. The molecule has 4 aromatic rings. The van der Waals surface area contributed by atoms with Crippen LogP contribution in [0.2, 0.25) is 0 Å². The molecule has 6 nitrogen and oxygen atoms in total. The minimum Gasteiger partial charge on any atom is -0.325 e. The van der Waals surface area contributed by atoms with Crippen LogP contribution in [0.4, 0.5) is 11.4 Å². The van der Waals surface area contributed by atoms with Crippen LogP contribution in [0, 0.1) is 6.92 Å². The Kier molecular flexibility index (Phi) is 7.31. The van der Waals surface area contributed by atoms with E-state index in [0.717, 1.165) is 11.1 Å². The van der Waals surface area contributed by atoms with Gasteiger partial charge in [-0.2, -0.15) is 0 Å². The molecule has 0 heterocycles. The van der Waals surface area contributed by atoms with E-state index in [1.165, 1.54) is 29.4 Å². The standard InChI is InChI=1S/C29H26N2O4S/c1-21-10-9-15-26(18-21)31(20-23-11-5-3-6-12-23)36(34,35)28-17-16-25(19-27(28)30-22(2)32)29(33)24-13-7-4-8-14-24/h3-19H,20H2,1-2H3,(H,30,32). The summed E-state index contributed by atoms with van der Waals surface area (Å²) < 4.78 is 29.5. The number of benzene rings is 4. The molecule has 7 heteroatoms. The zero-order valence-electron chi connectivity index (χ0n) is 20.0. The molecule has 182 valence electrons. The Hall–Kier alpha value is -4.23. The van der Waals surface area contributed by atoms with Gasteiger partial charge in [-0.05, 0) is 48.4 Å². The predicted octanol–water partition coefficient (Wildman–Crippen LogP) is 5.58. The molecule has 1 amide bonds. The van der Waals surface area contributed by atoms with Crippen LogP contribution in [-0.2, 0) is 21.4 Å². The van der Waals surface area contributed by atoms with Gasteiger partial charge >= 0.3 is 0 Å². The number of nitrogens with one attached hydrogen (secondary N) is 1. The lowest BCUT2D eigenvalue weighted by atomic mass is 10.0. The average molecular weight is 499 g/mol. The van der Waals surface area contributed by atoms with E-state index in [1.54, 1.807) is 42.5 Å². The molecule has 0 spiro atoms. The number of anilines is 2. The first-order valence-electron chi connectivity index (χ1n) is 11.4. The van der Waals surface area contributed by atoms with Crippen LogP contribution in [0.1, 0.15) is 34.0 Å². The molecule has 0 aliphatic rings. The Morgan fingerprint density at radius 2 is 1.44 bits per heavy atom. The van der Waals surface area contributed by atoms with Crippen molar-refractivity contribution in [2.24, 2.45) is 0 Å². The molecular formula is C29H26N2O4S. The molecule has 0 atom stereocenters. The Labute approximate surface area is 211 Å². The predicted molar refractivity (Wildman–Crippen MR) is 142 cm³/mol. The molecule has 0 fully saturated rings. The van der Waals surface area contributed by atoms with Crippen LogP contribution in [0.15, 0.2) is 108 Å². The zero-order chi connectivity index (χ0) is 25.7. The fourth-order valence-corrected chi connectivity index (χ4v) is 5.48. The number of sulfonamides is 1. The molecule has 0 aromatic heterocycles. The van der Waals surface area contributed by atoms with Crippen molar-refractivity contribution in [3.05, 3.63) is 125 Å². The Bertz CT molecular complexity index is 1500. The normalized spacial score (nSPS) is 11.1. The van der Waals surface area contributed by atoms with Crippen molar-refractivity contribution in [1.29, 1.82) is 0 Å². The summed E-state index contributed by atoms with van der Waals surface area (Å²) in [4.78, 5) is 24.9. The molecule has 0 unspecified atom stereocenters. The van der Waals surface area contributed by atoms with Gasteiger partial charge < -0.3 is 5.32 Å². The number of carbonyl (C=O) groups excluding carboxylic acids is 2. The van der Waals surface area contributed by atoms with Crippen molar-refractivity contribution >= 4 is 33.1 Å². The van der Waals surface area contributed by atoms with Crippen molar-refractivity contribution in [1.82, 2.24) is 0 Å². The molecular weight excluding hydrogens is 472 g/mol. The number of carbonyl (C=O) groups is 2. The molecule has 0 bridgehead atoms. The smallest absolute Gasteiger partial charge is 0.266 e. The molecule has 36 heavy (non-hydrogen) atoms. The average Bonchev–Trinajstić information content (AvgIpc) is 2.87.